The number of rotatable bonds is 8. The molecular weight excluding hydrogens is 240 g/mol. The van der Waals surface area contributed by atoms with E-state index in [1.165, 1.54) is 6.92 Å². The van der Waals surface area contributed by atoms with Crippen LogP contribution in [-0.2, 0) is 9.53 Å². The lowest BCUT2D eigenvalue weighted by molar-refractivity contribution is -0.141. The first kappa shape index (κ1) is 16.7. The molecule has 0 radical (unpaired) electrons. The van der Waals surface area contributed by atoms with Gasteiger partial charge in [-0.1, -0.05) is 0 Å². The number of carbonyl (C=O) groups is 2. The van der Waals surface area contributed by atoms with Gasteiger partial charge in [-0.25, -0.2) is 4.79 Å². The number of carboxylic acid groups (broad SMARTS) is 1. The van der Waals surface area contributed by atoms with Gasteiger partial charge in [0, 0.05) is 13.1 Å². The molecule has 18 heavy (non-hydrogen) atoms. The van der Waals surface area contributed by atoms with E-state index in [9.17, 15) is 14.7 Å². The number of hydrogen-bond donors (Lipinski definition) is 4. The van der Waals surface area contributed by atoms with Crippen molar-refractivity contribution >= 4 is 12.0 Å². The summed E-state index contributed by atoms with van der Waals surface area (Å²) in [5, 5.41) is 23.1. The van der Waals surface area contributed by atoms with Crippen molar-refractivity contribution in [2.24, 2.45) is 0 Å². The molecule has 0 aliphatic carbocycles. The largest absolute Gasteiger partial charge is 0.481 e. The number of carboxylic acids is 1. The summed E-state index contributed by atoms with van der Waals surface area (Å²) in [5.41, 5.74) is -1.46. The maximum Gasteiger partial charge on any atom is 0.314 e. The Labute approximate surface area is 107 Å². The van der Waals surface area contributed by atoms with Crippen molar-refractivity contribution < 1.29 is 24.5 Å². The highest BCUT2D eigenvalue weighted by atomic mass is 16.5. The number of urea groups is 1. The van der Waals surface area contributed by atoms with Gasteiger partial charge in [0.15, 0.2) is 0 Å². The van der Waals surface area contributed by atoms with E-state index in [4.69, 9.17) is 9.84 Å². The van der Waals surface area contributed by atoms with Crippen LogP contribution < -0.4 is 10.6 Å². The molecule has 0 aromatic carbocycles. The van der Waals surface area contributed by atoms with Gasteiger partial charge in [-0.3, -0.25) is 4.79 Å². The Morgan fingerprint density at radius 1 is 1.33 bits per heavy atom. The number of aliphatic carboxylic acids is 1. The predicted molar refractivity (Wildman–Crippen MR) is 65.4 cm³/mol. The first-order chi connectivity index (χ1) is 8.23. The zero-order valence-corrected chi connectivity index (χ0v) is 11.0. The van der Waals surface area contributed by atoms with Gasteiger partial charge in [0.05, 0.1) is 24.7 Å². The van der Waals surface area contributed by atoms with Crippen LogP contribution in [-0.4, -0.2) is 53.6 Å². The van der Waals surface area contributed by atoms with Gasteiger partial charge in [-0.15, -0.1) is 0 Å². The second-order valence-corrected chi connectivity index (χ2v) is 4.60. The minimum absolute atomic E-state index is 0.103. The Balaban J connectivity index is 3.73. The monoisotopic (exact) mass is 262 g/mol. The summed E-state index contributed by atoms with van der Waals surface area (Å²) >= 11 is 0. The molecule has 0 aliphatic heterocycles. The first-order valence-corrected chi connectivity index (χ1v) is 5.80. The van der Waals surface area contributed by atoms with E-state index in [1.54, 1.807) is 0 Å². The molecule has 2 amide bonds. The van der Waals surface area contributed by atoms with E-state index in [0.717, 1.165) is 0 Å². The fraction of sp³-hybridized carbons (Fsp3) is 0.818. The second kappa shape index (κ2) is 7.88. The minimum Gasteiger partial charge on any atom is -0.481 e. The van der Waals surface area contributed by atoms with Crippen LogP contribution in [0, 0.1) is 0 Å². The van der Waals surface area contributed by atoms with Crippen molar-refractivity contribution in [3.05, 3.63) is 0 Å². The van der Waals surface area contributed by atoms with Gasteiger partial charge in [-0.05, 0) is 20.8 Å². The number of hydrogen-bond acceptors (Lipinski definition) is 4. The number of ether oxygens (including phenoxy) is 1. The molecule has 0 rings (SSSR count). The lowest BCUT2D eigenvalue weighted by Gasteiger charge is -2.21. The number of amides is 2. The molecule has 106 valence electrons. The van der Waals surface area contributed by atoms with Gasteiger partial charge in [0.2, 0.25) is 0 Å². The number of nitrogens with one attached hydrogen (secondary N) is 2. The highest BCUT2D eigenvalue weighted by Crippen LogP contribution is 2.06. The summed E-state index contributed by atoms with van der Waals surface area (Å²) in [6.45, 7) is 5.76. The van der Waals surface area contributed by atoms with Gasteiger partial charge in [-0.2, -0.15) is 0 Å². The zero-order valence-electron chi connectivity index (χ0n) is 11.0. The van der Waals surface area contributed by atoms with Crippen LogP contribution in [0.25, 0.3) is 0 Å². The molecule has 0 fully saturated rings. The molecule has 0 aliphatic rings. The van der Waals surface area contributed by atoms with Crippen LogP contribution in [0.4, 0.5) is 4.79 Å². The molecular formula is C11H22N2O5. The summed E-state index contributed by atoms with van der Waals surface area (Å²) in [4.78, 5) is 21.7. The highest BCUT2D eigenvalue weighted by molar-refractivity contribution is 5.74. The molecule has 0 bridgehead atoms. The lowest BCUT2D eigenvalue weighted by atomic mass is 10.0. The SMILES string of the molecule is CC(C)OCCNC(=O)NCC(C)(O)CC(=O)O. The van der Waals surface area contributed by atoms with Crippen molar-refractivity contribution in [1.82, 2.24) is 10.6 Å². The van der Waals surface area contributed by atoms with Crippen LogP contribution in [0.15, 0.2) is 0 Å². The molecule has 4 N–H and O–H groups in total. The molecule has 0 aromatic heterocycles. The van der Waals surface area contributed by atoms with Gasteiger partial charge in [0.1, 0.15) is 0 Å². The third-order valence-corrected chi connectivity index (χ3v) is 2.00. The minimum atomic E-state index is -1.46. The summed E-state index contributed by atoms with van der Waals surface area (Å²) in [7, 11) is 0. The average molecular weight is 262 g/mol. The third-order valence-electron chi connectivity index (χ3n) is 2.00. The van der Waals surface area contributed by atoms with Crippen LogP contribution in [0.5, 0.6) is 0 Å². The van der Waals surface area contributed by atoms with E-state index in [1.807, 2.05) is 13.8 Å². The van der Waals surface area contributed by atoms with Gasteiger partial charge < -0.3 is 25.6 Å². The molecule has 0 heterocycles. The standard InChI is InChI=1S/C11H22N2O5/c1-8(2)18-5-4-12-10(16)13-7-11(3,17)6-9(14)15/h8,17H,4-7H2,1-3H3,(H,14,15)(H2,12,13,16). The second-order valence-electron chi connectivity index (χ2n) is 4.60. The smallest absolute Gasteiger partial charge is 0.314 e. The Bertz CT molecular complexity index is 279. The Kier molecular flexibility index (Phi) is 7.30. The van der Waals surface area contributed by atoms with Crippen molar-refractivity contribution in [2.75, 3.05) is 19.7 Å². The molecule has 1 unspecified atom stereocenters. The third kappa shape index (κ3) is 9.86. The summed E-state index contributed by atoms with van der Waals surface area (Å²) in [5.74, 6) is -1.12. The molecule has 0 saturated carbocycles. The molecule has 0 spiro atoms. The van der Waals surface area contributed by atoms with Crippen molar-refractivity contribution in [3.63, 3.8) is 0 Å². The van der Waals surface area contributed by atoms with E-state index in [2.05, 4.69) is 10.6 Å². The highest BCUT2D eigenvalue weighted by Gasteiger charge is 2.24. The Morgan fingerprint density at radius 2 is 1.94 bits per heavy atom. The van der Waals surface area contributed by atoms with E-state index in [0.29, 0.717) is 13.2 Å². The van der Waals surface area contributed by atoms with E-state index in [-0.39, 0.29) is 12.6 Å². The predicted octanol–water partition coefficient (Wildman–Crippen LogP) is -0.0637. The van der Waals surface area contributed by atoms with Crippen LogP contribution in [0.3, 0.4) is 0 Å². The maximum atomic E-state index is 11.3. The Hall–Kier alpha value is -1.34. The van der Waals surface area contributed by atoms with Crippen LogP contribution >= 0.6 is 0 Å². The fourth-order valence-electron chi connectivity index (χ4n) is 1.18. The number of carbonyl (C=O) groups excluding carboxylic acids is 1. The first-order valence-electron chi connectivity index (χ1n) is 5.80. The van der Waals surface area contributed by atoms with Gasteiger partial charge >= 0.3 is 12.0 Å². The molecule has 7 heteroatoms. The van der Waals surface area contributed by atoms with Crippen molar-refractivity contribution in [1.29, 1.82) is 0 Å². The van der Waals surface area contributed by atoms with Gasteiger partial charge in [0.25, 0.3) is 0 Å². The molecule has 0 aromatic rings. The Morgan fingerprint density at radius 3 is 2.44 bits per heavy atom. The summed E-state index contributed by atoms with van der Waals surface area (Å²) < 4.78 is 5.22. The van der Waals surface area contributed by atoms with Crippen molar-refractivity contribution in [2.45, 2.75) is 38.9 Å². The van der Waals surface area contributed by atoms with Crippen LogP contribution in [0.1, 0.15) is 27.2 Å². The van der Waals surface area contributed by atoms with Crippen LogP contribution in [0.2, 0.25) is 0 Å². The molecule has 7 nitrogen and oxygen atoms in total. The normalized spacial score (nSPS) is 14.1. The zero-order chi connectivity index (χ0) is 14.2. The lowest BCUT2D eigenvalue weighted by Crippen LogP contribution is -2.46. The van der Waals surface area contributed by atoms with E-state index < -0.39 is 24.0 Å². The molecule has 1 atom stereocenters. The fourth-order valence-corrected chi connectivity index (χ4v) is 1.18. The summed E-state index contributed by atoms with van der Waals surface area (Å²) in [6.07, 6.45) is -0.324. The quantitative estimate of drug-likeness (QED) is 0.458. The summed E-state index contributed by atoms with van der Waals surface area (Å²) in [6, 6.07) is -0.465. The topological polar surface area (TPSA) is 108 Å². The molecule has 0 saturated heterocycles. The number of aliphatic hydroxyl groups is 1. The maximum absolute atomic E-state index is 11.3. The average Bonchev–Trinajstić information content (AvgIpc) is 2.19. The van der Waals surface area contributed by atoms with Crippen molar-refractivity contribution in [3.8, 4) is 0 Å². The van der Waals surface area contributed by atoms with E-state index >= 15 is 0 Å².